The van der Waals surface area contributed by atoms with Crippen LogP contribution < -0.4 is 4.90 Å². The summed E-state index contributed by atoms with van der Waals surface area (Å²) in [5.74, 6) is 0.306. The van der Waals surface area contributed by atoms with Crippen LogP contribution in [0.5, 0.6) is 0 Å². The van der Waals surface area contributed by atoms with Crippen molar-refractivity contribution in [3.05, 3.63) is 86.0 Å². The zero-order valence-corrected chi connectivity index (χ0v) is 17.1. The molecule has 0 radical (unpaired) electrons. The van der Waals surface area contributed by atoms with Crippen LogP contribution in [0.25, 0.3) is 17.4 Å². The van der Waals surface area contributed by atoms with E-state index in [1.807, 2.05) is 6.92 Å². The molecule has 150 valence electrons. The molecule has 0 unspecified atom stereocenters. The summed E-state index contributed by atoms with van der Waals surface area (Å²) in [6.45, 7) is 1.82. The van der Waals surface area contributed by atoms with Crippen LogP contribution in [0.4, 0.5) is 16.2 Å². The quantitative estimate of drug-likeness (QED) is 0.278. The van der Waals surface area contributed by atoms with Gasteiger partial charge in [-0.2, -0.15) is 0 Å². The molecule has 0 atom stereocenters. The largest absolute Gasteiger partial charge is 0.457 e. The van der Waals surface area contributed by atoms with Gasteiger partial charge in [0.15, 0.2) is 0 Å². The molecule has 1 saturated heterocycles. The van der Waals surface area contributed by atoms with Crippen molar-refractivity contribution in [3.63, 3.8) is 0 Å². The number of carbonyl (C=O) groups is 2. The summed E-state index contributed by atoms with van der Waals surface area (Å²) in [5, 5.41) is 11.0. The van der Waals surface area contributed by atoms with Crippen LogP contribution in [-0.2, 0) is 4.79 Å². The maximum Gasteiger partial charge on any atom is 0.298 e. The van der Waals surface area contributed by atoms with Crippen molar-refractivity contribution in [2.24, 2.45) is 0 Å². The third kappa shape index (κ3) is 3.74. The van der Waals surface area contributed by atoms with E-state index in [-0.39, 0.29) is 10.6 Å². The van der Waals surface area contributed by atoms with Gasteiger partial charge >= 0.3 is 0 Å². The van der Waals surface area contributed by atoms with E-state index in [0.717, 1.165) is 22.2 Å². The fraction of sp³-hybridized carbons (Fsp3) is 0.0476. The minimum absolute atomic E-state index is 0.0452. The van der Waals surface area contributed by atoms with Gasteiger partial charge in [-0.3, -0.25) is 19.7 Å². The molecule has 1 fully saturated rings. The maximum absolute atomic E-state index is 12.7. The monoisotopic (exact) mass is 440 g/mol. The van der Waals surface area contributed by atoms with Gasteiger partial charge in [0.1, 0.15) is 11.5 Å². The molecule has 9 heteroatoms. The van der Waals surface area contributed by atoms with Gasteiger partial charge in [0.05, 0.1) is 15.5 Å². The first-order chi connectivity index (χ1) is 14.3. The first kappa shape index (κ1) is 19.9. The summed E-state index contributed by atoms with van der Waals surface area (Å²) in [4.78, 5) is 36.9. The van der Waals surface area contributed by atoms with Crippen LogP contribution in [-0.4, -0.2) is 16.1 Å². The lowest BCUT2D eigenvalue weighted by Gasteiger charge is -2.12. The van der Waals surface area contributed by atoms with Crippen molar-refractivity contribution >= 4 is 52.0 Å². The van der Waals surface area contributed by atoms with Gasteiger partial charge in [-0.25, -0.2) is 4.90 Å². The SMILES string of the molecule is Cc1ccc([N+](=O)[O-])cc1-c1ccc(/C=C2/SC(=O)N(c3cccc(Cl)c3)C2=O)o1. The Kier molecular flexibility index (Phi) is 5.19. The number of aryl methyl sites for hydroxylation is 1. The summed E-state index contributed by atoms with van der Waals surface area (Å²) >= 11 is 6.76. The number of nitrogens with zero attached hydrogens (tertiary/aromatic N) is 2. The summed E-state index contributed by atoms with van der Waals surface area (Å²) in [7, 11) is 0. The normalized spacial score (nSPS) is 15.3. The Labute approximate surface area is 180 Å². The fourth-order valence-electron chi connectivity index (χ4n) is 3.00. The van der Waals surface area contributed by atoms with E-state index >= 15 is 0 Å². The molecule has 0 bridgehead atoms. The Balaban J connectivity index is 1.64. The molecule has 1 aliphatic rings. The number of nitro benzene ring substituents is 1. The summed E-state index contributed by atoms with van der Waals surface area (Å²) in [6.07, 6.45) is 1.48. The smallest absolute Gasteiger partial charge is 0.298 e. The summed E-state index contributed by atoms with van der Waals surface area (Å²) in [5.41, 5.74) is 1.73. The summed E-state index contributed by atoms with van der Waals surface area (Å²) in [6, 6.07) is 14.3. The zero-order valence-electron chi connectivity index (χ0n) is 15.5. The lowest BCUT2D eigenvalue weighted by atomic mass is 10.1. The highest BCUT2D eigenvalue weighted by Gasteiger charge is 2.36. The fourth-order valence-corrected chi connectivity index (χ4v) is 4.00. The number of non-ortho nitro benzene ring substituents is 1. The van der Waals surface area contributed by atoms with Gasteiger partial charge in [-0.15, -0.1) is 0 Å². The molecule has 2 heterocycles. The molecule has 7 nitrogen and oxygen atoms in total. The molecule has 0 aliphatic carbocycles. The number of thioether (sulfide) groups is 1. The van der Waals surface area contributed by atoms with Crippen molar-refractivity contribution in [1.82, 2.24) is 0 Å². The second kappa shape index (κ2) is 7.81. The highest BCUT2D eigenvalue weighted by molar-refractivity contribution is 8.19. The number of hydrogen-bond acceptors (Lipinski definition) is 6. The second-order valence-electron chi connectivity index (χ2n) is 6.46. The van der Waals surface area contributed by atoms with E-state index in [9.17, 15) is 19.7 Å². The number of amides is 2. The Bertz CT molecular complexity index is 1230. The molecular weight excluding hydrogens is 428 g/mol. The zero-order chi connectivity index (χ0) is 21.4. The van der Waals surface area contributed by atoms with E-state index in [0.29, 0.717) is 27.8 Å². The van der Waals surface area contributed by atoms with Gasteiger partial charge < -0.3 is 4.42 Å². The standard InChI is InChI=1S/C21H13ClN2O5S/c1-12-5-6-15(24(27)28)10-17(12)18-8-7-16(29-18)11-19-20(25)23(21(26)30-19)14-4-2-3-13(22)9-14/h2-11H,1H3/b19-11+. The van der Waals surface area contributed by atoms with Crippen molar-refractivity contribution in [3.8, 4) is 11.3 Å². The molecule has 2 aromatic carbocycles. The highest BCUT2D eigenvalue weighted by atomic mass is 35.5. The van der Waals surface area contributed by atoms with Gasteiger partial charge in [-0.05, 0) is 54.6 Å². The first-order valence-electron chi connectivity index (χ1n) is 8.72. The number of rotatable bonds is 4. The van der Waals surface area contributed by atoms with Crippen LogP contribution in [0, 0.1) is 17.0 Å². The van der Waals surface area contributed by atoms with Gasteiger partial charge in [0.2, 0.25) is 0 Å². The highest BCUT2D eigenvalue weighted by Crippen LogP contribution is 2.37. The maximum atomic E-state index is 12.7. The third-order valence-electron chi connectivity index (χ3n) is 4.46. The molecule has 1 aliphatic heterocycles. The Morgan fingerprint density at radius 3 is 2.67 bits per heavy atom. The number of carbonyl (C=O) groups excluding carboxylic acids is 2. The number of furan rings is 1. The number of imide groups is 1. The number of nitro groups is 1. The molecule has 0 N–H and O–H groups in total. The molecule has 0 spiro atoms. The van der Waals surface area contributed by atoms with Crippen LogP contribution in [0.3, 0.4) is 0 Å². The molecule has 3 aromatic rings. The molecule has 1 aromatic heterocycles. The number of benzene rings is 2. The molecule has 0 saturated carbocycles. The lowest BCUT2D eigenvalue weighted by molar-refractivity contribution is -0.384. The van der Waals surface area contributed by atoms with E-state index in [2.05, 4.69) is 0 Å². The number of hydrogen-bond donors (Lipinski definition) is 0. The van der Waals surface area contributed by atoms with E-state index in [1.54, 1.807) is 36.4 Å². The van der Waals surface area contributed by atoms with E-state index < -0.39 is 16.1 Å². The molecule has 2 amide bonds. The average molecular weight is 441 g/mol. The first-order valence-corrected chi connectivity index (χ1v) is 9.92. The number of halogens is 1. The topological polar surface area (TPSA) is 93.7 Å². The lowest BCUT2D eigenvalue weighted by Crippen LogP contribution is -2.27. The van der Waals surface area contributed by atoms with Crippen LogP contribution in [0.1, 0.15) is 11.3 Å². The Morgan fingerprint density at radius 1 is 1.13 bits per heavy atom. The number of anilines is 1. The molecular formula is C21H13ClN2O5S. The summed E-state index contributed by atoms with van der Waals surface area (Å²) < 4.78 is 5.78. The molecule has 4 rings (SSSR count). The Hall–Kier alpha value is -3.36. The minimum Gasteiger partial charge on any atom is -0.457 e. The van der Waals surface area contributed by atoms with E-state index in [1.165, 1.54) is 24.3 Å². The van der Waals surface area contributed by atoms with E-state index in [4.69, 9.17) is 16.0 Å². The predicted octanol–water partition coefficient (Wildman–Crippen LogP) is 6.06. The van der Waals surface area contributed by atoms with Gasteiger partial charge in [-0.1, -0.05) is 23.7 Å². The van der Waals surface area contributed by atoms with Crippen molar-refractivity contribution < 1.29 is 18.9 Å². The van der Waals surface area contributed by atoms with Crippen molar-refractivity contribution in [1.29, 1.82) is 0 Å². The van der Waals surface area contributed by atoms with Gasteiger partial charge in [0, 0.05) is 28.8 Å². The minimum atomic E-state index is -0.475. The van der Waals surface area contributed by atoms with Crippen LogP contribution >= 0.6 is 23.4 Å². The average Bonchev–Trinajstić information content (AvgIpc) is 3.26. The van der Waals surface area contributed by atoms with Crippen molar-refractivity contribution in [2.75, 3.05) is 4.90 Å². The molecule has 30 heavy (non-hydrogen) atoms. The third-order valence-corrected chi connectivity index (χ3v) is 5.56. The van der Waals surface area contributed by atoms with Crippen LogP contribution in [0.15, 0.2) is 63.9 Å². The Morgan fingerprint density at radius 2 is 1.93 bits per heavy atom. The second-order valence-corrected chi connectivity index (χ2v) is 7.88. The predicted molar refractivity (Wildman–Crippen MR) is 115 cm³/mol. The van der Waals surface area contributed by atoms with Gasteiger partial charge in [0.25, 0.3) is 16.8 Å². The van der Waals surface area contributed by atoms with Crippen LogP contribution in [0.2, 0.25) is 5.02 Å². The van der Waals surface area contributed by atoms with Crippen molar-refractivity contribution in [2.45, 2.75) is 6.92 Å².